The van der Waals surface area contributed by atoms with Gasteiger partial charge in [-0.3, -0.25) is 9.59 Å². The minimum Gasteiger partial charge on any atom is -0.355 e. The Morgan fingerprint density at radius 1 is 1.12 bits per heavy atom. The van der Waals surface area contributed by atoms with Gasteiger partial charge < -0.3 is 25.3 Å². The summed E-state index contributed by atoms with van der Waals surface area (Å²) in [7, 11) is 2.17. The molecule has 1 aliphatic carbocycles. The number of nitrogens with one attached hydrogen (secondary N) is 2. The number of hydrogen-bond acceptors (Lipinski definition) is 4. The Morgan fingerprint density at radius 3 is 2.53 bits per heavy atom. The summed E-state index contributed by atoms with van der Waals surface area (Å²) in [6.45, 7) is 2.27. The van der Waals surface area contributed by atoms with Gasteiger partial charge in [0, 0.05) is 36.4 Å². The van der Waals surface area contributed by atoms with Crippen molar-refractivity contribution in [2.45, 2.75) is 44.6 Å². The largest absolute Gasteiger partial charge is 0.355 e. The van der Waals surface area contributed by atoms with Crippen LogP contribution in [0, 0.1) is 0 Å². The first-order valence-electron chi connectivity index (χ1n) is 11.5. The average Bonchev–Trinajstić information content (AvgIpc) is 2.80. The highest BCUT2D eigenvalue weighted by Gasteiger charge is 2.28. The Hall–Kier alpha value is -2.32. The topological polar surface area (TPSA) is 85.0 Å². The maximum atomic E-state index is 12.4. The van der Waals surface area contributed by atoms with E-state index >= 15 is 0 Å². The average molecular weight is 464 g/mol. The highest BCUT2D eigenvalue weighted by atomic mass is 35.5. The van der Waals surface area contributed by atoms with E-state index < -0.39 is 0 Å². The third-order valence-electron chi connectivity index (χ3n) is 6.24. The first-order chi connectivity index (χ1) is 15.4. The fourth-order valence-corrected chi connectivity index (χ4v) is 4.40. The van der Waals surface area contributed by atoms with Crippen LogP contribution in [0.15, 0.2) is 24.3 Å². The van der Waals surface area contributed by atoms with E-state index in [-0.39, 0.29) is 30.9 Å². The lowest BCUT2D eigenvalue weighted by molar-refractivity contribution is -0.139. The number of benzene rings is 1. The predicted molar refractivity (Wildman–Crippen MR) is 126 cm³/mol. The molecule has 1 aromatic rings. The van der Waals surface area contributed by atoms with Crippen LogP contribution in [-0.4, -0.2) is 84.9 Å². The van der Waals surface area contributed by atoms with Crippen molar-refractivity contribution in [1.29, 1.82) is 0 Å². The molecule has 0 aromatic heterocycles. The van der Waals surface area contributed by atoms with E-state index in [1.807, 2.05) is 0 Å². The molecule has 0 bridgehead atoms. The molecule has 9 heteroatoms. The fraction of sp³-hybridized carbons (Fsp3) is 0.609. The zero-order chi connectivity index (χ0) is 22.9. The van der Waals surface area contributed by atoms with Crippen molar-refractivity contribution in [1.82, 2.24) is 20.0 Å². The Labute approximate surface area is 195 Å². The molecule has 0 radical (unpaired) electrons. The molecule has 3 rings (SSSR count). The second-order valence-corrected chi connectivity index (χ2v) is 9.09. The summed E-state index contributed by atoms with van der Waals surface area (Å²) >= 11 is 5.85. The molecule has 1 heterocycles. The smallest absolute Gasteiger partial charge is 0.322 e. The quantitative estimate of drug-likeness (QED) is 0.580. The second kappa shape index (κ2) is 12.1. The molecule has 1 aliphatic heterocycles. The van der Waals surface area contributed by atoms with Crippen LogP contribution < -0.4 is 10.6 Å². The number of nitrogens with zero attached hydrogens (tertiary/aromatic N) is 3. The first kappa shape index (κ1) is 24.3. The molecule has 0 spiro atoms. The van der Waals surface area contributed by atoms with E-state index in [9.17, 15) is 14.4 Å². The van der Waals surface area contributed by atoms with E-state index in [1.165, 1.54) is 41.9 Å². The molecule has 176 valence electrons. The third-order valence-corrected chi connectivity index (χ3v) is 6.50. The van der Waals surface area contributed by atoms with Crippen LogP contribution in [0.5, 0.6) is 0 Å². The van der Waals surface area contributed by atoms with Gasteiger partial charge >= 0.3 is 6.03 Å². The molecule has 4 amide bonds. The van der Waals surface area contributed by atoms with Gasteiger partial charge in [0.05, 0.1) is 6.54 Å². The SMILES string of the molecule is CN(CCCNC(=O)CN1CCN(C(=O)Nc2ccc(Cl)cc2)CC1=O)C1CCCCC1. The molecule has 32 heavy (non-hydrogen) atoms. The standard InChI is InChI=1S/C23H34ClN5O3/c1-27(20-6-3-2-4-7-20)13-5-12-25-21(30)16-28-14-15-29(17-22(28)31)23(32)26-19-10-8-18(24)9-11-19/h8-11,20H,2-7,12-17H2,1H3,(H,25,30)(H,26,32). The molecule has 1 aromatic carbocycles. The maximum Gasteiger partial charge on any atom is 0.322 e. The summed E-state index contributed by atoms with van der Waals surface area (Å²) in [6, 6.07) is 7.11. The highest BCUT2D eigenvalue weighted by Crippen LogP contribution is 2.21. The van der Waals surface area contributed by atoms with Crippen molar-refractivity contribution in [3.05, 3.63) is 29.3 Å². The lowest BCUT2D eigenvalue weighted by atomic mass is 9.94. The van der Waals surface area contributed by atoms with E-state index in [0.717, 1.165) is 13.0 Å². The maximum absolute atomic E-state index is 12.4. The molecule has 2 aliphatic rings. The van der Waals surface area contributed by atoms with Crippen LogP contribution in [-0.2, 0) is 9.59 Å². The lowest BCUT2D eigenvalue weighted by Gasteiger charge is -2.34. The molecular weight excluding hydrogens is 430 g/mol. The van der Waals surface area contributed by atoms with Gasteiger partial charge in [-0.2, -0.15) is 0 Å². The first-order valence-corrected chi connectivity index (χ1v) is 11.9. The summed E-state index contributed by atoms with van der Waals surface area (Å²) < 4.78 is 0. The highest BCUT2D eigenvalue weighted by molar-refractivity contribution is 6.30. The molecule has 2 fully saturated rings. The monoisotopic (exact) mass is 463 g/mol. The molecule has 0 atom stereocenters. The number of amides is 4. The lowest BCUT2D eigenvalue weighted by Crippen LogP contribution is -2.55. The number of carbonyl (C=O) groups is 3. The summed E-state index contributed by atoms with van der Waals surface area (Å²) in [5, 5.41) is 6.26. The van der Waals surface area contributed by atoms with Crippen LogP contribution in [0.2, 0.25) is 5.02 Å². The third kappa shape index (κ3) is 7.38. The van der Waals surface area contributed by atoms with Gasteiger partial charge in [-0.05, 0) is 57.1 Å². The van der Waals surface area contributed by atoms with Gasteiger partial charge in [0.15, 0.2) is 0 Å². The van der Waals surface area contributed by atoms with Crippen LogP contribution in [0.3, 0.4) is 0 Å². The number of piperazine rings is 1. The number of urea groups is 1. The van der Waals surface area contributed by atoms with E-state index in [0.29, 0.717) is 36.4 Å². The van der Waals surface area contributed by atoms with Crippen molar-refractivity contribution < 1.29 is 14.4 Å². The van der Waals surface area contributed by atoms with Gasteiger partial charge in [0.1, 0.15) is 6.54 Å². The van der Waals surface area contributed by atoms with Gasteiger partial charge in [0.2, 0.25) is 11.8 Å². The number of carbonyl (C=O) groups excluding carboxylic acids is 3. The fourth-order valence-electron chi connectivity index (χ4n) is 4.27. The van der Waals surface area contributed by atoms with Crippen molar-refractivity contribution in [3.8, 4) is 0 Å². The molecule has 0 unspecified atom stereocenters. The van der Waals surface area contributed by atoms with Crippen molar-refractivity contribution in [2.24, 2.45) is 0 Å². The number of anilines is 1. The molecular formula is C23H34ClN5O3. The van der Waals surface area contributed by atoms with Crippen LogP contribution in [0.1, 0.15) is 38.5 Å². The van der Waals surface area contributed by atoms with Crippen molar-refractivity contribution in [2.75, 3.05) is 51.6 Å². The van der Waals surface area contributed by atoms with Gasteiger partial charge in [0.25, 0.3) is 0 Å². The zero-order valence-electron chi connectivity index (χ0n) is 18.8. The molecule has 1 saturated carbocycles. The second-order valence-electron chi connectivity index (χ2n) is 8.65. The summed E-state index contributed by atoms with van der Waals surface area (Å²) in [5.41, 5.74) is 0.614. The number of hydrogen-bond donors (Lipinski definition) is 2. The minimum absolute atomic E-state index is 0.0317. The Balaban J connectivity index is 1.32. The van der Waals surface area contributed by atoms with Gasteiger partial charge in [-0.15, -0.1) is 0 Å². The molecule has 8 nitrogen and oxygen atoms in total. The Morgan fingerprint density at radius 2 is 1.84 bits per heavy atom. The van der Waals surface area contributed by atoms with Gasteiger partial charge in [-0.1, -0.05) is 30.9 Å². The Bertz CT molecular complexity index is 782. The van der Waals surface area contributed by atoms with Crippen LogP contribution in [0.4, 0.5) is 10.5 Å². The summed E-state index contributed by atoms with van der Waals surface area (Å²) in [6.07, 6.45) is 7.42. The van der Waals surface area contributed by atoms with Crippen molar-refractivity contribution >= 4 is 35.1 Å². The Kier molecular flexibility index (Phi) is 9.17. The zero-order valence-corrected chi connectivity index (χ0v) is 19.6. The summed E-state index contributed by atoms with van der Waals surface area (Å²) in [5.74, 6) is -0.382. The normalized spacial score (nSPS) is 17.5. The summed E-state index contributed by atoms with van der Waals surface area (Å²) in [4.78, 5) is 42.5. The van der Waals surface area contributed by atoms with Crippen LogP contribution >= 0.6 is 11.6 Å². The van der Waals surface area contributed by atoms with E-state index in [1.54, 1.807) is 24.3 Å². The van der Waals surface area contributed by atoms with E-state index in [4.69, 9.17) is 11.6 Å². The number of halogens is 1. The predicted octanol–water partition coefficient (Wildman–Crippen LogP) is 2.79. The number of rotatable bonds is 8. The minimum atomic E-state index is -0.341. The van der Waals surface area contributed by atoms with E-state index in [2.05, 4.69) is 22.6 Å². The molecule has 2 N–H and O–H groups in total. The van der Waals surface area contributed by atoms with Crippen LogP contribution in [0.25, 0.3) is 0 Å². The van der Waals surface area contributed by atoms with Crippen molar-refractivity contribution in [3.63, 3.8) is 0 Å². The molecule has 1 saturated heterocycles. The van der Waals surface area contributed by atoms with Gasteiger partial charge in [-0.25, -0.2) is 4.79 Å².